The summed E-state index contributed by atoms with van der Waals surface area (Å²) in [5, 5.41) is 11.3. The van der Waals surface area contributed by atoms with E-state index in [4.69, 9.17) is 0 Å². The van der Waals surface area contributed by atoms with E-state index in [2.05, 4.69) is 20.4 Å². The smallest absolute Gasteiger partial charge is 0.251 e. The largest absolute Gasteiger partial charge is 0.399 e. The molecular weight excluding hydrogens is 340 g/mol. The minimum absolute atomic E-state index is 0.128. The number of para-hydroxylation sites is 1. The number of nitrogens with one attached hydrogen (secondary N) is 1. The highest BCUT2D eigenvalue weighted by Crippen LogP contribution is 2.17. The van der Waals surface area contributed by atoms with Gasteiger partial charge in [-0.2, -0.15) is 5.10 Å². The molecule has 27 heavy (non-hydrogen) atoms. The van der Waals surface area contributed by atoms with E-state index in [9.17, 15) is 4.79 Å². The van der Waals surface area contributed by atoms with Crippen LogP contribution in [-0.2, 0) is 11.4 Å². The third kappa shape index (κ3) is 4.23. The van der Waals surface area contributed by atoms with Crippen molar-refractivity contribution in [1.29, 1.82) is 0 Å². The summed E-state index contributed by atoms with van der Waals surface area (Å²) in [4.78, 5) is 17.1. The van der Waals surface area contributed by atoms with Gasteiger partial charge >= 0.3 is 0 Å². The zero-order valence-electron chi connectivity index (χ0n) is 15.6. The molecule has 0 bridgehead atoms. The van der Waals surface area contributed by atoms with E-state index in [1.54, 1.807) is 18.3 Å². The molecule has 0 spiro atoms. The summed E-state index contributed by atoms with van der Waals surface area (Å²) in [7, 11) is 1.49. The maximum absolute atomic E-state index is 12.4. The molecule has 2 aromatic carbocycles. The van der Waals surface area contributed by atoms with E-state index >= 15 is 0 Å². The van der Waals surface area contributed by atoms with Gasteiger partial charge in [0.1, 0.15) is 7.11 Å². The second-order valence-corrected chi connectivity index (χ2v) is 6.12. The molecule has 0 atom stereocenters. The zero-order valence-corrected chi connectivity index (χ0v) is 15.6. The minimum Gasteiger partial charge on any atom is -0.399 e. The first kappa shape index (κ1) is 18.4. The quantitative estimate of drug-likeness (QED) is 0.540. The van der Waals surface area contributed by atoms with Crippen molar-refractivity contribution >= 4 is 12.1 Å². The predicted octanol–water partition coefficient (Wildman–Crippen LogP) is 3.40. The van der Waals surface area contributed by atoms with Gasteiger partial charge in [0.15, 0.2) is 0 Å². The van der Waals surface area contributed by atoms with Crippen molar-refractivity contribution in [3.63, 3.8) is 0 Å². The summed E-state index contributed by atoms with van der Waals surface area (Å²) in [6, 6.07) is 17.1. The Labute approximate surface area is 158 Å². The van der Waals surface area contributed by atoms with Gasteiger partial charge in [-0.1, -0.05) is 35.5 Å². The van der Waals surface area contributed by atoms with Crippen LogP contribution in [0.25, 0.3) is 5.69 Å². The van der Waals surface area contributed by atoms with Crippen LogP contribution < -0.4 is 5.32 Å². The summed E-state index contributed by atoms with van der Waals surface area (Å²) in [6.07, 6.45) is 1.59. The Morgan fingerprint density at radius 1 is 1.15 bits per heavy atom. The fourth-order valence-corrected chi connectivity index (χ4v) is 2.86. The van der Waals surface area contributed by atoms with Gasteiger partial charge in [-0.3, -0.25) is 4.79 Å². The highest BCUT2D eigenvalue weighted by molar-refractivity contribution is 5.95. The monoisotopic (exact) mass is 362 g/mol. The van der Waals surface area contributed by atoms with Crippen molar-refractivity contribution in [3.8, 4) is 5.69 Å². The van der Waals surface area contributed by atoms with Crippen molar-refractivity contribution in [3.05, 3.63) is 82.7 Å². The average molecular weight is 362 g/mol. The average Bonchev–Trinajstić information content (AvgIpc) is 2.99. The molecule has 0 fully saturated rings. The zero-order chi connectivity index (χ0) is 19.2. The highest BCUT2D eigenvalue weighted by Gasteiger charge is 2.14. The Morgan fingerprint density at radius 2 is 1.85 bits per heavy atom. The number of amides is 1. The van der Waals surface area contributed by atoms with Crippen molar-refractivity contribution in [2.75, 3.05) is 7.11 Å². The van der Waals surface area contributed by atoms with Crippen LogP contribution >= 0.6 is 0 Å². The van der Waals surface area contributed by atoms with Crippen LogP contribution in [0.15, 0.2) is 59.8 Å². The molecule has 6 heteroatoms. The molecule has 138 valence electrons. The normalized spacial score (nSPS) is 10.9. The maximum atomic E-state index is 12.4. The Morgan fingerprint density at radius 3 is 2.52 bits per heavy atom. The van der Waals surface area contributed by atoms with Crippen LogP contribution in [0.2, 0.25) is 0 Å². The number of nitrogens with zero attached hydrogens (tertiary/aromatic N) is 3. The number of oxime groups is 1. The van der Waals surface area contributed by atoms with Crippen LogP contribution in [0, 0.1) is 13.8 Å². The van der Waals surface area contributed by atoms with Crippen LogP contribution in [-0.4, -0.2) is 29.0 Å². The molecule has 0 saturated heterocycles. The number of carbonyl (C=O) groups excluding carboxylic acids is 1. The molecule has 1 amide bonds. The number of aryl methyl sites for hydroxylation is 1. The predicted molar refractivity (Wildman–Crippen MR) is 105 cm³/mol. The van der Waals surface area contributed by atoms with E-state index in [-0.39, 0.29) is 5.91 Å². The van der Waals surface area contributed by atoms with Crippen LogP contribution in [0.5, 0.6) is 0 Å². The first-order chi connectivity index (χ1) is 13.1. The lowest BCUT2D eigenvalue weighted by molar-refractivity contribution is 0.0951. The second-order valence-electron chi connectivity index (χ2n) is 6.12. The number of benzene rings is 2. The SMILES string of the molecule is CO/N=C/c1ccc(C(=O)NCc2c(C)nn(-c3ccccc3)c2C)cc1. The highest BCUT2D eigenvalue weighted by atomic mass is 16.6. The third-order valence-corrected chi connectivity index (χ3v) is 4.35. The fraction of sp³-hybridized carbons (Fsp3) is 0.190. The Balaban J connectivity index is 1.70. The van der Waals surface area contributed by atoms with Crippen molar-refractivity contribution in [1.82, 2.24) is 15.1 Å². The Bertz CT molecular complexity index is 944. The van der Waals surface area contributed by atoms with Crippen LogP contribution in [0.4, 0.5) is 0 Å². The molecule has 1 heterocycles. The first-order valence-electron chi connectivity index (χ1n) is 8.65. The van der Waals surface area contributed by atoms with Crippen LogP contribution in [0.3, 0.4) is 0 Å². The number of aromatic nitrogens is 2. The van der Waals surface area contributed by atoms with Gasteiger partial charge in [-0.15, -0.1) is 0 Å². The third-order valence-electron chi connectivity index (χ3n) is 4.35. The van der Waals surface area contributed by atoms with E-state index in [1.807, 2.05) is 61.0 Å². The summed E-state index contributed by atoms with van der Waals surface area (Å²) < 4.78 is 1.90. The maximum Gasteiger partial charge on any atom is 0.251 e. The van der Waals surface area contributed by atoms with E-state index in [0.717, 1.165) is 28.2 Å². The molecule has 1 aromatic heterocycles. The molecule has 1 N–H and O–H groups in total. The van der Waals surface area contributed by atoms with Gasteiger partial charge in [0.05, 0.1) is 17.6 Å². The molecule has 0 aliphatic heterocycles. The molecule has 0 unspecified atom stereocenters. The summed E-state index contributed by atoms with van der Waals surface area (Å²) in [5.41, 5.74) is 5.41. The van der Waals surface area contributed by atoms with Gasteiger partial charge < -0.3 is 10.2 Å². The van der Waals surface area contributed by atoms with E-state index in [0.29, 0.717) is 12.1 Å². The lowest BCUT2D eigenvalue weighted by Gasteiger charge is -2.07. The summed E-state index contributed by atoms with van der Waals surface area (Å²) >= 11 is 0. The number of rotatable bonds is 6. The Hall–Kier alpha value is -3.41. The minimum atomic E-state index is -0.128. The number of hydrogen-bond donors (Lipinski definition) is 1. The lowest BCUT2D eigenvalue weighted by atomic mass is 10.1. The standard InChI is InChI=1S/C21H22N4O2/c1-15-20(16(2)25(24-15)19-7-5-4-6-8-19)14-22-21(26)18-11-9-17(10-12-18)13-23-27-3/h4-13H,14H2,1-3H3,(H,22,26)/b23-13+. The molecule has 0 aliphatic rings. The number of hydrogen-bond acceptors (Lipinski definition) is 4. The molecule has 6 nitrogen and oxygen atoms in total. The Kier molecular flexibility index (Phi) is 5.66. The van der Waals surface area contributed by atoms with Crippen LogP contribution in [0.1, 0.15) is 32.9 Å². The molecule has 0 aliphatic carbocycles. The topological polar surface area (TPSA) is 68.5 Å². The first-order valence-corrected chi connectivity index (χ1v) is 8.65. The van der Waals surface area contributed by atoms with E-state index in [1.165, 1.54) is 7.11 Å². The van der Waals surface area contributed by atoms with Crippen molar-refractivity contribution in [2.45, 2.75) is 20.4 Å². The second kappa shape index (κ2) is 8.31. The molecule has 3 aromatic rings. The van der Waals surface area contributed by atoms with Gasteiger partial charge in [-0.25, -0.2) is 4.68 Å². The molecule has 0 saturated carbocycles. The van der Waals surface area contributed by atoms with Gasteiger partial charge in [-0.05, 0) is 43.7 Å². The van der Waals surface area contributed by atoms with Crippen molar-refractivity contribution < 1.29 is 9.63 Å². The van der Waals surface area contributed by atoms with Gasteiger partial charge in [0.25, 0.3) is 5.91 Å². The fourth-order valence-electron chi connectivity index (χ4n) is 2.86. The lowest BCUT2D eigenvalue weighted by Crippen LogP contribution is -2.23. The number of carbonyl (C=O) groups is 1. The summed E-state index contributed by atoms with van der Waals surface area (Å²) in [6.45, 7) is 4.40. The van der Waals surface area contributed by atoms with Gasteiger partial charge in [0, 0.05) is 23.4 Å². The van der Waals surface area contributed by atoms with Gasteiger partial charge in [0.2, 0.25) is 0 Å². The van der Waals surface area contributed by atoms with E-state index < -0.39 is 0 Å². The summed E-state index contributed by atoms with van der Waals surface area (Å²) in [5.74, 6) is -0.128. The molecule has 3 rings (SSSR count). The molecular formula is C21H22N4O2. The van der Waals surface area contributed by atoms with Crippen molar-refractivity contribution in [2.24, 2.45) is 5.16 Å². The molecule has 0 radical (unpaired) electrons.